The fraction of sp³-hybridized carbons (Fsp3) is 0.261. The molecule has 0 bridgehead atoms. The highest BCUT2D eigenvalue weighted by atomic mass is 35.5. The minimum Gasteiger partial charge on any atom is -0.465 e. The summed E-state index contributed by atoms with van der Waals surface area (Å²) in [6.07, 6.45) is 3.26. The topological polar surface area (TPSA) is 74.3 Å². The third kappa shape index (κ3) is 3.37. The minimum atomic E-state index is -0.402. The Balaban J connectivity index is 1.59. The molecule has 1 aliphatic carbocycles. The van der Waals surface area contributed by atoms with E-state index in [2.05, 4.69) is 5.10 Å². The summed E-state index contributed by atoms with van der Waals surface area (Å²) in [4.78, 5) is 25.7. The van der Waals surface area contributed by atoms with Gasteiger partial charge in [0, 0.05) is 10.4 Å². The molecule has 1 saturated carbocycles. The molecule has 2 aromatic rings. The Hall–Kier alpha value is -3.12. The van der Waals surface area contributed by atoms with Crippen molar-refractivity contribution in [2.45, 2.75) is 25.7 Å². The van der Waals surface area contributed by atoms with Gasteiger partial charge in [-0.2, -0.15) is 9.78 Å². The Labute approximate surface area is 177 Å². The lowest BCUT2D eigenvalue weighted by atomic mass is 9.86. The molecule has 30 heavy (non-hydrogen) atoms. The number of esters is 1. The lowest BCUT2D eigenvalue weighted by molar-refractivity contribution is -0.145. The summed E-state index contributed by atoms with van der Waals surface area (Å²) < 4.78 is 12.7. The zero-order valence-corrected chi connectivity index (χ0v) is 16.9. The number of benzene rings is 2. The van der Waals surface area contributed by atoms with Crippen LogP contribution in [0, 0.1) is 5.92 Å². The zero-order chi connectivity index (χ0) is 20.7. The van der Waals surface area contributed by atoms with Gasteiger partial charge in [0.2, 0.25) is 0 Å². The highest BCUT2D eigenvalue weighted by molar-refractivity contribution is 6.30. The number of fused-ring (bicyclic) bond motifs is 3. The summed E-state index contributed by atoms with van der Waals surface area (Å²) in [7, 11) is 0. The van der Waals surface area contributed by atoms with Gasteiger partial charge in [0.25, 0.3) is 5.56 Å². The van der Waals surface area contributed by atoms with E-state index in [1.807, 2.05) is 18.2 Å². The Kier molecular flexibility index (Phi) is 4.79. The summed E-state index contributed by atoms with van der Waals surface area (Å²) in [6.45, 7) is 0.420. The number of rotatable bonds is 5. The molecule has 0 unspecified atom stereocenters. The van der Waals surface area contributed by atoms with Gasteiger partial charge in [0.05, 0.1) is 12.3 Å². The van der Waals surface area contributed by atoms with Crippen molar-refractivity contribution in [1.82, 2.24) is 9.78 Å². The van der Waals surface area contributed by atoms with Crippen LogP contribution in [0.25, 0.3) is 27.9 Å². The van der Waals surface area contributed by atoms with Crippen LogP contribution in [0.15, 0.2) is 57.7 Å². The van der Waals surface area contributed by atoms with Crippen molar-refractivity contribution in [3.8, 4) is 16.9 Å². The molecule has 2 heterocycles. The summed E-state index contributed by atoms with van der Waals surface area (Å²) in [6, 6.07) is 14.2. The van der Waals surface area contributed by atoms with Crippen molar-refractivity contribution >= 4 is 28.5 Å². The Morgan fingerprint density at radius 2 is 1.93 bits per heavy atom. The van der Waals surface area contributed by atoms with Gasteiger partial charge in [-0.3, -0.25) is 9.59 Å². The molecule has 0 saturated heterocycles. The van der Waals surface area contributed by atoms with Crippen LogP contribution in [-0.4, -0.2) is 22.4 Å². The van der Waals surface area contributed by atoms with Crippen molar-refractivity contribution in [2.24, 2.45) is 5.92 Å². The average molecular weight is 423 g/mol. The largest absolute Gasteiger partial charge is 0.465 e. The van der Waals surface area contributed by atoms with E-state index >= 15 is 0 Å². The van der Waals surface area contributed by atoms with Crippen molar-refractivity contribution in [2.75, 3.05) is 6.61 Å². The van der Waals surface area contributed by atoms with E-state index in [1.54, 1.807) is 30.3 Å². The van der Waals surface area contributed by atoms with E-state index < -0.39 is 5.97 Å². The monoisotopic (exact) mass is 422 g/mol. The second-order valence-corrected chi connectivity index (χ2v) is 8.03. The quantitative estimate of drug-likeness (QED) is 0.438. The van der Waals surface area contributed by atoms with Gasteiger partial charge < -0.3 is 9.15 Å². The van der Waals surface area contributed by atoms with Gasteiger partial charge in [0.1, 0.15) is 29.0 Å². The Bertz CT molecular complexity index is 1250. The minimum absolute atomic E-state index is 0.115. The van der Waals surface area contributed by atoms with E-state index in [-0.39, 0.29) is 17.7 Å². The molecule has 3 aliphatic rings. The fourth-order valence-electron chi connectivity index (χ4n) is 3.71. The van der Waals surface area contributed by atoms with Gasteiger partial charge >= 0.3 is 5.97 Å². The molecular weight excluding hydrogens is 404 g/mol. The molecule has 0 amide bonds. The van der Waals surface area contributed by atoms with Crippen molar-refractivity contribution in [3.05, 3.63) is 69.7 Å². The number of carbonyl (C=O) groups excluding carboxylic acids is 1. The molecule has 0 aromatic heterocycles. The standard InChI is InChI=1S/C23H19ClN2O4/c24-15-8-10-16(11-9-15)26-23(28)21-19(12-20(27)29-13-14-4-3-5-14)30-18-7-2-1-6-17(18)22(21)25-26/h1-2,6-11,14H,3-5,12-13H2. The summed E-state index contributed by atoms with van der Waals surface area (Å²) in [5.41, 5.74) is 1.60. The second kappa shape index (κ2) is 7.61. The first-order valence-corrected chi connectivity index (χ1v) is 10.3. The summed E-state index contributed by atoms with van der Waals surface area (Å²) in [5, 5.41) is 5.83. The first-order valence-electron chi connectivity index (χ1n) is 9.95. The van der Waals surface area contributed by atoms with Crippen LogP contribution in [-0.2, 0) is 16.0 Å². The van der Waals surface area contributed by atoms with Gasteiger partial charge in [0.15, 0.2) is 0 Å². The third-order valence-corrected chi connectivity index (χ3v) is 5.83. The average Bonchev–Trinajstić information content (AvgIpc) is 3.05. The van der Waals surface area contributed by atoms with Crippen LogP contribution >= 0.6 is 11.6 Å². The number of halogens is 1. The smallest absolute Gasteiger partial charge is 0.313 e. The SMILES string of the molecule is O=C(Cc1oc2ccccc2c2nn(-c3ccc(Cl)cc3)c(=O)c1-2)OCC1CCC1. The molecule has 1 fully saturated rings. The molecule has 5 rings (SSSR count). The normalized spacial score (nSPS) is 14.2. The van der Waals surface area contributed by atoms with E-state index in [4.69, 9.17) is 20.8 Å². The molecule has 0 N–H and O–H groups in total. The predicted molar refractivity (Wildman–Crippen MR) is 113 cm³/mol. The van der Waals surface area contributed by atoms with Crippen LogP contribution < -0.4 is 5.56 Å². The highest BCUT2D eigenvalue weighted by Gasteiger charge is 2.27. The Morgan fingerprint density at radius 3 is 2.67 bits per heavy atom. The third-order valence-electron chi connectivity index (χ3n) is 5.58. The van der Waals surface area contributed by atoms with E-state index in [1.165, 1.54) is 11.1 Å². The molecular formula is C23H19ClN2O4. The zero-order valence-electron chi connectivity index (χ0n) is 16.1. The molecule has 0 atom stereocenters. The highest BCUT2D eigenvalue weighted by Crippen LogP contribution is 2.32. The van der Waals surface area contributed by atoms with Gasteiger partial charge in [-0.15, -0.1) is 0 Å². The summed E-state index contributed by atoms with van der Waals surface area (Å²) in [5.74, 6) is 0.318. The first-order chi connectivity index (χ1) is 14.6. The van der Waals surface area contributed by atoms with E-state index in [0.717, 1.165) is 12.8 Å². The van der Waals surface area contributed by atoms with Crippen LogP contribution in [0.1, 0.15) is 25.0 Å². The lowest BCUT2D eigenvalue weighted by Crippen LogP contribution is -2.21. The maximum atomic E-state index is 13.2. The van der Waals surface area contributed by atoms with Gasteiger partial charge in [-0.1, -0.05) is 30.2 Å². The number of hydrogen-bond acceptors (Lipinski definition) is 5. The van der Waals surface area contributed by atoms with Crippen LogP contribution in [0.4, 0.5) is 0 Å². The van der Waals surface area contributed by atoms with Crippen molar-refractivity contribution in [3.63, 3.8) is 0 Å². The first kappa shape index (κ1) is 18.9. The molecule has 2 aliphatic heterocycles. The predicted octanol–water partition coefficient (Wildman–Crippen LogP) is 4.62. The van der Waals surface area contributed by atoms with Gasteiger partial charge in [-0.25, -0.2) is 0 Å². The molecule has 6 nitrogen and oxygen atoms in total. The maximum Gasteiger partial charge on any atom is 0.313 e. The van der Waals surface area contributed by atoms with Crippen molar-refractivity contribution in [1.29, 1.82) is 0 Å². The lowest BCUT2D eigenvalue weighted by Gasteiger charge is -2.24. The molecule has 7 heteroatoms. The number of ether oxygens (including phenoxy) is 1. The maximum absolute atomic E-state index is 13.2. The molecule has 152 valence electrons. The number of carbonyl (C=O) groups is 1. The van der Waals surface area contributed by atoms with E-state index in [9.17, 15) is 9.59 Å². The number of aromatic nitrogens is 2. The number of hydrogen-bond donors (Lipinski definition) is 0. The fourth-order valence-corrected chi connectivity index (χ4v) is 3.84. The van der Waals surface area contributed by atoms with Crippen LogP contribution in [0.5, 0.6) is 0 Å². The molecule has 0 spiro atoms. The van der Waals surface area contributed by atoms with E-state index in [0.29, 0.717) is 45.5 Å². The molecule has 2 aromatic carbocycles. The number of para-hydroxylation sites is 1. The van der Waals surface area contributed by atoms with Gasteiger partial charge in [-0.05, 0) is 55.2 Å². The second-order valence-electron chi connectivity index (χ2n) is 7.60. The summed E-state index contributed by atoms with van der Waals surface area (Å²) >= 11 is 5.97. The van der Waals surface area contributed by atoms with Crippen LogP contribution in [0.2, 0.25) is 5.02 Å². The van der Waals surface area contributed by atoms with Crippen LogP contribution in [0.3, 0.4) is 0 Å². The Morgan fingerprint density at radius 1 is 1.17 bits per heavy atom. The van der Waals surface area contributed by atoms with Crippen molar-refractivity contribution < 1.29 is 13.9 Å². The molecule has 0 radical (unpaired) electrons. The number of nitrogens with zero attached hydrogens (tertiary/aromatic N) is 2.